The number of hydrogen-bond acceptors (Lipinski definition) is 3. The van der Waals surface area contributed by atoms with Crippen LogP contribution in [0.3, 0.4) is 0 Å². The molecule has 0 saturated heterocycles. The summed E-state index contributed by atoms with van der Waals surface area (Å²) in [5.74, 6) is -0.373. The molecule has 5 heteroatoms. The summed E-state index contributed by atoms with van der Waals surface area (Å²) in [5.41, 5.74) is 6.11. The van der Waals surface area contributed by atoms with Gasteiger partial charge in [0.25, 0.3) is 5.91 Å². The van der Waals surface area contributed by atoms with Crippen LogP contribution in [0.15, 0.2) is 18.2 Å². The zero-order chi connectivity index (χ0) is 14.6. The minimum Gasteiger partial charge on any atom is -0.483 e. The Labute approximate surface area is 113 Å². The third-order valence-corrected chi connectivity index (χ3v) is 2.34. The lowest BCUT2D eigenvalue weighted by molar-refractivity contribution is -0.124. The second-order valence-corrected chi connectivity index (χ2v) is 5.56. The molecule has 1 aromatic carbocycles. The van der Waals surface area contributed by atoms with E-state index in [1.165, 1.54) is 12.1 Å². The number of halogens is 1. The zero-order valence-electron chi connectivity index (χ0n) is 11.8. The predicted molar refractivity (Wildman–Crippen MR) is 72.4 cm³/mol. The van der Waals surface area contributed by atoms with E-state index in [2.05, 4.69) is 5.32 Å². The van der Waals surface area contributed by atoms with Gasteiger partial charge in [-0.3, -0.25) is 4.79 Å². The van der Waals surface area contributed by atoms with Gasteiger partial charge in [0.15, 0.2) is 6.61 Å². The van der Waals surface area contributed by atoms with Gasteiger partial charge >= 0.3 is 0 Å². The van der Waals surface area contributed by atoms with Crippen molar-refractivity contribution in [2.45, 2.75) is 39.3 Å². The van der Waals surface area contributed by atoms with Crippen molar-refractivity contribution < 1.29 is 13.9 Å². The highest BCUT2D eigenvalue weighted by atomic mass is 19.1. The van der Waals surface area contributed by atoms with E-state index in [4.69, 9.17) is 10.5 Å². The van der Waals surface area contributed by atoms with Crippen LogP contribution in [0.5, 0.6) is 5.75 Å². The summed E-state index contributed by atoms with van der Waals surface area (Å²) in [6.45, 7) is 7.23. The van der Waals surface area contributed by atoms with E-state index >= 15 is 0 Å². The molecule has 106 valence electrons. The molecule has 0 aromatic heterocycles. The number of rotatable bonds is 4. The first-order valence-corrected chi connectivity index (χ1v) is 6.18. The van der Waals surface area contributed by atoms with Gasteiger partial charge in [-0.1, -0.05) is 6.07 Å². The minimum absolute atomic E-state index is 0.166. The summed E-state index contributed by atoms with van der Waals surface area (Å²) in [5, 5.41) is 2.76. The Morgan fingerprint density at radius 1 is 1.47 bits per heavy atom. The van der Waals surface area contributed by atoms with E-state index in [1.807, 2.05) is 20.8 Å². The Bertz CT molecular complexity index is 453. The average Bonchev–Trinajstić information content (AvgIpc) is 2.23. The van der Waals surface area contributed by atoms with Gasteiger partial charge in [-0.05, 0) is 33.8 Å². The summed E-state index contributed by atoms with van der Waals surface area (Å²) >= 11 is 0. The molecule has 0 fully saturated rings. The maximum atomic E-state index is 13.2. The van der Waals surface area contributed by atoms with Crippen LogP contribution in [0.4, 0.5) is 4.39 Å². The number of benzene rings is 1. The molecule has 0 saturated carbocycles. The number of amides is 1. The quantitative estimate of drug-likeness (QED) is 0.879. The van der Waals surface area contributed by atoms with E-state index in [1.54, 1.807) is 13.0 Å². The molecular formula is C14H21FN2O2. The fraction of sp³-hybridized carbons (Fsp3) is 0.500. The summed E-state index contributed by atoms with van der Waals surface area (Å²) in [7, 11) is 0. The van der Waals surface area contributed by atoms with Gasteiger partial charge in [0, 0.05) is 23.2 Å². The molecule has 0 bridgehead atoms. The Hall–Kier alpha value is -1.62. The summed E-state index contributed by atoms with van der Waals surface area (Å²) in [4.78, 5) is 11.6. The highest BCUT2D eigenvalue weighted by molar-refractivity contribution is 5.78. The van der Waals surface area contributed by atoms with Crippen LogP contribution in [0.2, 0.25) is 0 Å². The molecular weight excluding hydrogens is 247 g/mol. The molecule has 0 heterocycles. The largest absolute Gasteiger partial charge is 0.483 e. The molecule has 1 amide bonds. The number of carbonyl (C=O) groups is 1. The third kappa shape index (κ3) is 5.26. The number of ether oxygens (including phenoxy) is 1. The molecule has 0 radical (unpaired) electrons. The molecule has 0 unspecified atom stereocenters. The standard InChI is InChI=1S/C14H21FN2O2/c1-9(16)11-6-5-10(15)7-12(11)19-8-13(18)17-14(2,3)4/h5-7,9H,8,16H2,1-4H3,(H,17,18)/t9-/m1/s1. The van der Waals surface area contributed by atoms with Gasteiger partial charge in [0.2, 0.25) is 0 Å². The third-order valence-electron chi connectivity index (χ3n) is 2.34. The molecule has 0 aliphatic heterocycles. The molecule has 1 aromatic rings. The van der Waals surface area contributed by atoms with Gasteiger partial charge in [0.1, 0.15) is 11.6 Å². The Morgan fingerprint density at radius 3 is 2.63 bits per heavy atom. The van der Waals surface area contributed by atoms with Crippen molar-refractivity contribution >= 4 is 5.91 Å². The summed E-state index contributed by atoms with van der Waals surface area (Å²) in [6, 6.07) is 3.84. The van der Waals surface area contributed by atoms with Crippen LogP contribution < -0.4 is 15.8 Å². The molecule has 0 aliphatic carbocycles. The normalized spacial score (nSPS) is 12.9. The topological polar surface area (TPSA) is 64.3 Å². The van der Waals surface area contributed by atoms with E-state index in [9.17, 15) is 9.18 Å². The number of nitrogens with two attached hydrogens (primary N) is 1. The van der Waals surface area contributed by atoms with Crippen molar-refractivity contribution in [3.63, 3.8) is 0 Å². The first-order valence-electron chi connectivity index (χ1n) is 6.18. The number of hydrogen-bond donors (Lipinski definition) is 2. The van der Waals surface area contributed by atoms with Crippen molar-refractivity contribution in [3.8, 4) is 5.75 Å². The average molecular weight is 268 g/mol. The van der Waals surface area contributed by atoms with Gasteiger partial charge in [-0.25, -0.2) is 4.39 Å². The lowest BCUT2D eigenvalue weighted by Gasteiger charge is -2.21. The molecule has 0 spiro atoms. The van der Waals surface area contributed by atoms with Crippen molar-refractivity contribution in [3.05, 3.63) is 29.6 Å². The fourth-order valence-electron chi connectivity index (χ4n) is 1.61. The highest BCUT2D eigenvalue weighted by Crippen LogP contribution is 2.24. The van der Waals surface area contributed by atoms with Crippen LogP contribution >= 0.6 is 0 Å². The smallest absolute Gasteiger partial charge is 0.258 e. The SMILES string of the molecule is C[C@@H](N)c1ccc(F)cc1OCC(=O)NC(C)(C)C. The van der Waals surface area contributed by atoms with Crippen LogP contribution in [0, 0.1) is 5.82 Å². The monoisotopic (exact) mass is 268 g/mol. The molecule has 1 atom stereocenters. The van der Waals surface area contributed by atoms with Crippen molar-refractivity contribution in [2.75, 3.05) is 6.61 Å². The zero-order valence-corrected chi connectivity index (χ0v) is 11.8. The molecule has 1 rings (SSSR count). The molecule has 4 nitrogen and oxygen atoms in total. The number of carbonyl (C=O) groups excluding carboxylic acids is 1. The van der Waals surface area contributed by atoms with E-state index in [-0.39, 0.29) is 24.1 Å². The molecule has 0 aliphatic rings. The van der Waals surface area contributed by atoms with E-state index < -0.39 is 5.82 Å². The van der Waals surface area contributed by atoms with Gasteiger partial charge in [-0.15, -0.1) is 0 Å². The van der Waals surface area contributed by atoms with E-state index in [0.29, 0.717) is 11.3 Å². The maximum absolute atomic E-state index is 13.2. The predicted octanol–water partition coefficient (Wildman–Crippen LogP) is 2.14. The van der Waals surface area contributed by atoms with Crippen LogP contribution in [0.25, 0.3) is 0 Å². The fourth-order valence-corrected chi connectivity index (χ4v) is 1.61. The minimum atomic E-state index is -0.421. The first kappa shape index (κ1) is 15.4. The van der Waals surface area contributed by atoms with E-state index in [0.717, 1.165) is 0 Å². The van der Waals surface area contributed by atoms with Crippen LogP contribution in [0.1, 0.15) is 39.3 Å². The van der Waals surface area contributed by atoms with Gasteiger partial charge in [0.05, 0.1) is 0 Å². The van der Waals surface area contributed by atoms with Gasteiger partial charge < -0.3 is 15.8 Å². The van der Waals surface area contributed by atoms with Gasteiger partial charge in [-0.2, -0.15) is 0 Å². The lowest BCUT2D eigenvalue weighted by atomic mass is 10.1. The second-order valence-electron chi connectivity index (χ2n) is 5.56. The summed E-state index contributed by atoms with van der Waals surface area (Å²) < 4.78 is 18.5. The Balaban J connectivity index is 2.72. The Kier molecular flexibility index (Phi) is 4.89. The van der Waals surface area contributed by atoms with Crippen molar-refractivity contribution in [2.24, 2.45) is 5.73 Å². The van der Waals surface area contributed by atoms with Crippen molar-refractivity contribution in [1.29, 1.82) is 0 Å². The highest BCUT2D eigenvalue weighted by Gasteiger charge is 2.15. The second kappa shape index (κ2) is 6.02. The Morgan fingerprint density at radius 2 is 2.11 bits per heavy atom. The molecule has 3 N–H and O–H groups in total. The van der Waals surface area contributed by atoms with Crippen molar-refractivity contribution in [1.82, 2.24) is 5.32 Å². The molecule has 19 heavy (non-hydrogen) atoms. The number of nitrogens with one attached hydrogen (secondary N) is 1. The van der Waals surface area contributed by atoms with Crippen LogP contribution in [-0.2, 0) is 4.79 Å². The maximum Gasteiger partial charge on any atom is 0.258 e. The lowest BCUT2D eigenvalue weighted by Crippen LogP contribution is -2.43. The summed E-state index contributed by atoms with van der Waals surface area (Å²) in [6.07, 6.45) is 0. The van der Waals surface area contributed by atoms with Crippen LogP contribution in [-0.4, -0.2) is 18.1 Å². The first-order chi connectivity index (χ1) is 8.69.